The highest BCUT2D eigenvalue weighted by Crippen LogP contribution is 2.26. The minimum Gasteiger partial charge on any atom is -0.377 e. The number of anilines is 2. The molecule has 1 N–H and O–H groups in total. The zero-order valence-corrected chi connectivity index (χ0v) is 17.6. The highest BCUT2D eigenvalue weighted by Gasteiger charge is 2.18. The molecule has 26 heavy (non-hydrogen) atoms. The van der Waals surface area contributed by atoms with Crippen molar-refractivity contribution in [2.24, 2.45) is 11.3 Å². The van der Waals surface area contributed by atoms with E-state index in [4.69, 9.17) is 0 Å². The van der Waals surface area contributed by atoms with E-state index in [2.05, 4.69) is 19.2 Å². The zero-order chi connectivity index (χ0) is 20.1. The Balaban J connectivity index is 3.07. The molecule has 0 heterocycles. The molecule has 0 unspecified atom stereocenters. The molecule has 2 amide bonds. The second-order valence-corrected chi connectivity index (χ2v) is 8.82. The zero-order valence-electron chi connectivity index (χ0n) is 17.6. The molecule has 0 radical (unpaired) electrons. The molecule has 0 saturated heterocycles. The second-order valence-electron chi connectivity index (χ2n) is 8.82. The number of rotatable bonds is 7. The Morgan fingerprint density at radius 2 is 1.77 bits per heavy atom. The first-order chi connectivity index (χ1) is 11.9. The van der Waals surface area contributed by atoms with Crippen molar-refractivity contribution in [3.63, 3.8) is 0 Å². The van der Waals surface area contributed by atoms with Gasteiger partial charge < -0.3 is 15.1 Å². The molecule has 0 bridgehead atoms. The minimum atomic E-state index is -0.0564. The molecule has 0 atom stereocenters. The van der Waals surface area contributed by atoms with Gasteiger partial charge >= 0.3 is 0 Å². The summed E-state index contributed by atoms with van der Waals surface area (Å²) in [6.45, 7) is 13.2. The maximum Gasteiger partial charge on any atom is 0.224 e. The van der Waals surface area contributed by atoms with Gasteiger partial charge in [-0.1, -0.05) is 34.6 Å². The van der Waals surface area contributed by atoms with Crippen molar-refractivity contribution in [3.8, 4) is 0 Å². The van der Waals surface area contributed by atoms with E-state index in [1.165, 1.54) is 0 Å². The van der Waals surface area contributed by atoms with Gasteiger partial charge in [-0.25, -0.2) is 0 Å². The lowest BCUT2D eigenvalue weighted by molar-refractivity contribution is -0.130. The number of hydrogen-bond donors (Lipinski definition) is 1. The van der Waals surface area contributed by atoms with Crippen LogP contribution in [0.5, 0.6) is 0 Å². The quantitative estimate of drug-likeness (QED) is 0.794. The van der Waals surface area contributed by atoms with Crippen molar-refractivity contribution < 1.29 is 9.59 Å². The molecule has 1 aromatic carbocycles. The highest BCUT2D eigenvalue weighted by molar-refractivity contribution is 5.91. The van der Waals surface area contributed by atoms with Gasteiger partial charge in [0.2, 0.25) is 11.8 Å². The van der Waals surface area contributed by atoms with Gasteiger partial charge in [0.15, 0.2) is 0 Å². The lowest BCUT2D eigenvalue weighted by atomic mass is 9.92. The fourth-order valence-corrected chi connectivity index (χ4v) is 2.86. The number of benzene rings is 1. The number of amides is 2. The summed E-state index contributed by atoms with van der Waals surface area (Å²) < 4.78 is 0. The van der Waals surface area contributed by atoms with Gasteiger partial charge in [0.05, 0.1) is 0 Å². The van der Waals surface area contributed by atoms with Crippen LogP contribution in [0.15, 0.2) is 18.2 Å². The molecule has 0 aromatic heterocycles. The molecule has 146 valence electrons. The van der Waals surface area contributed by atoms with Gasteiger partial charge in [-0.15, -0.1) is 0 Å². The Kier molecular flexibility index (Phi) is 7.67. The number of nitrogens with one attached hydrogen (secondary N) is 1. The van der Waals surface area contributed by atoms with Gasteiger partial charge in [0, 0.05) is 51.9 Å². The summed E-state index contributed by atoms with van der Waals surface area (Å²) >= 11 is 0. The Morgan fingerprint density at radius 1 is 1.15 bits per heavy atom. The van der Waals surface area contributed by atoms with Crippen LogP contribution in [0.2, 0.25) is 0 Å². The average Bonchev–Trinajstić information content (AvgIpc) is 2.43. The molecule has 0 spiro atoms. The Labute approximate surface area is 158 Å². The van der Waals surface area contributed by atoms with Crippen LogP contribution in [0, 0.1) is 11.3 Å². The van der Waals surface area contributed by atoms with E-state index in [-0.39, 0.29) is 17.2 Å². The number of carbonyl (C=O) groups is 2. The molecule has 1 rings (SSSR count). The van der Waals surface area contributed by atoms with Crippen LogP contribution in [-0.2, 0) is 16.1 Å². The molecule has 5 heteroatoms. The van der Waals surface area contributed by atoms with Gasteiger partial charge in [-0.3, -0.25) is 9.59 Å². The summed E-state index contributed by atoms with van der Waals surface area (Å²) in [6.07, 6.45) is 0.463. The monoisotopic (exact) mass is 361 g/mol. The van der Waals surface area contributed by atoms with E-state index >= 15 is 0 Å². The summed E-state index contributed by atoms with van der Waals surface area (Å²) in [5, 5.41) is 2.99. The summed E-state index contributed by atoms with van der Waals surface area (Å²) in [5.41, 5.74) is 2.79. The van der Waals surface area contributed by atoms with Crippen molar-refractivity contribution in [2.45, 2.75) is 54.5 Å². The number of carbonyl (C=O) groups excluding carboxylic acids is 2. The smallest absolute Gasteiger partial charge is 0.224 e. The van der Waals surface area contributed by atoms with Crippen molar-refractivity contribution in [2.75, 3.05) is 30.9 Å². The minimum absolute atomic E-state index is 0.00616. The van der Waals surface area contributed by atoms with Gasteiger partial charge in [-0.05, 0) is 35.1 Å². The van der Waals surface area contributed by atoms with Crippen LogP contribution in [-0.4, -0.2) is 37.4 Å². The second kappa shape index (κ2) is 9.06. The lowest BCUT2D eigenvalue weighted by Crippen LogP contribution is -2.32. The van der Waals surface area contributed by atoms with Crippen molar-refractivity contribution in [3.05, 3.63) is 23.8 Å². The van der Waals surface area contributed by atoms with Crippen LogP contribution < -0.4 is 10.2 Å². The Morgan fingerprint density at radius 3 is 2.23 bits per heavy atom. The largest absolute Gasteiger partial charge is 0.377 e. The van der Waals surface area contributed by atoms with Crippen LogP contribution in [0.3, 0.4) is 0 Å². The normalized spacial score (nSPS) is 11.4. The van der Waals surface area contributed by atoms with Gasteiger partial charge in [-0.2, -0.15) is 0 Å². The number of nitrogens with zero attached hydrogens (tertiary/aromatic N) is 2. The molecule has 0 aliphatic carbocycles. The maximum absolute atomic E-state index is 12.2. The standard InChI is InChI=1S/C21H35N3O2/c1-15(2)13-24(16(3)25)14-17-11-18(9-10-19(17)23(7)8)22-20(26)12-21(4,5)6/h9-11,15H,12-14H2,1-8H3,(H,22,26). The highest BCUT2D eigenvalue weighted by atomic mass is 16.2. The first kappa shape index (κ1) is 22.0. The molecule has 0 aliphatic rings. The predicted molar refractivity (Wildman–Crippen MR) is 109 cm³/mol. The molecular weight excluding hydrogens is 326 g/mol. The topological polar surface area (TPSA) is 52.7 Å². The first-order valence-electron chi connectivity index (χ1n) is 9.24. The van der Waals surface area contributed by atoms with Crippen LogP contribution in [0.4, 0.5) is 11.4 Å². The summed E-state index contributed by atoms with van der Waals surface area (Å²) in [7, 11) is 3.97. The Bertz CT molecular complexity index is 631. The maximum atomic E-state index is 12.2. The van der Waals surface area contributed by atoms with Crippen molar-refractivity contribution in [1.29, 1.82) is 0 Å². The fourth-order valence-electron chi connectivity index (χ4n) is 2.86. The predicted octanol–water partition coefficient (Wildman–Crippen LogP) is 4.13. The fraction of sp³-hybridized carbons (Fsp3) is 0.619. The van der Waals surface area contributed by atoms with Crippen LogP contribution in [0.1, 0.15) is 53.5 Å². The van der Waals surface area contributed by atoms with E-state index in [1.807, 2.05) is 62.9 Å². The molecular formula is C21H35N3O2. The molecule has 5 nitrogen and oxygen atoms in total. The van der Waals surface area contributed by atoms with Crippen LogP contribution in [0.25, 0.3) is 0 Å². The molecule has 0 aliphatic heterocycles. The van der Waals surface area contributed by atoms with Crippen molar-refractivity contribution >= 4 is 23.2 Å². The molecule has 0 fully saturated rings. The summed E-state index contributed by atoms with van der Waals surface area (Å²) in [4.78, 5) is 28.2. The van der Waals surface area contributed by atoms with E-state index in [1.54, 1.807) is 6.92 Å². The third-order valence-electron chi connectivity index (χ3n) is 3.93. The van der Waals surface area contributed by atoms with Gasteiger partial charge in [0.1, 0.15) is 0 Å². The van der Waals surface area contributed by atoms with Gasteiger partial charge in [0.25, 0.3) is 0 Å². The third kappa shape index (κ3) is 7.46. The lowest BCUT2D eigenvalue weighted by Gasteiger charge is -2.26. The average molecular weight is 362 g/mol. The number of hydrogen-bond acceptors (Lipinski definition) is 3. The molecule has 1 aromatic rings. The summed E-state index contributed by atoms with van der Waals surface area (Å²) in [6, 6.07) is 5.89. The van der Waals surface area contributed by atoms with Crippen molar-refractivity contribution in [1.82, 2.24) is 4.90 Å². The van der Waals surface area contributed by atoms with E-state index < -0.39 is 0 Å². The molecule has 0 saturated carbocycles. The Hall–Kier alpha value is -2.04. The SMILES string of the molecule is CC(=O)N(Cc1cc(NC(=O)CC(C)(C)C)ccc1N(C)C)CC(C)C. The van der Waals surface area contributed by atoms with E-state index in [0.717, 1.165) is 16.9 Å². The summed E-state index contributed by atoms with van der Waals surface area (Å²) in [5.74, 6) is 0.466. The first-order valence-corrected chi connectivity index (χ1v) is 9.24. The van der Waals surface area contributed by atoms with E-state index in [9.17, 15) is 9.59 Å². The van der Waals surface area contributed by atoms with E-state index in [0.29, 0.717) is 25.4 Å². The third-order valence-corrected chi connectivity index (χ3v) is 3.93. The van der Waals surface area contributed by atoms with Crippen LogP contribution >= 0.6 is 0 Å².